The van der Waals surface area contributed by atoms with E-state index in [4.69, 9.17) is 4.74 Å². The molecule has 90 valence electrons. The zero-order valence-corrected chi connectivity index (χ0v) is 9.98. The molecule has 2 aliphatic carbocycles. The van der Waals surface area contributed by atoms with Crippen molar-refractivity contribution < 1.29 is 9.84 Å². The number of aliphatic hydroxyl groups is 1. The van der Waals surface area contributed by atoms with E-state index in [0.717, 1.165) is 36.7 Å². The fourth-order valence-corrected chi connectivity index (χ4v) is 4.11. The van der Waals surface area contributed by atoms with Crippen LogP contribution in [0.25, 0.3) is 0 Å². The van der Waals surface area contributed by atoms with Gasteiger partial charge in [0, 0.05) is 6.42 Å². The van der Waals surface area contributed by atoms with Crippen LogP contribution in [0.15, 0.2) is 18.2 Å². The van der Waals surface area contributed by atoms with E-state index in [1.807, 2.05) is 6.07 Å². The predicted octanol–water partition coefficient (Wildman–Crippen LogP) is 2.63. The highest BCUT2D eigenvalue weighted by molar-refractivity contribution is 5.42. The Kier molecular flexibility index (Phi) is 1.91. The van der Waals surface area contributed by atoms with Crippen LogP contribution in [0.3, 0.4) is 0 Å². The molecule has 1 N–H and O–H groups in total. The van der Waals surface area contributed by atoms with Crippen molar-refractivity contribution in [2.24, 2.45) is 11.8 Å². The van der Waals surface area contributed by atoms with Gasteiger partial charge in [0.15, 0.2) is 0 Å². The smallest absolute Gasteiger partial charge is 0.122 e. The highest BCUT2D eigenvalue weighted by Gasteiger charge is 2.50. The Hall–Kier alpha value is -1.02. The summed E-state index contributed by atoms with van der Waals surface area (Å²) in [6.45, 7) is 0.795. The van der Waals surface area contributed by atoms with Crippen molar-refractivity contribution in [3.05, 3.63) is 29.3 Å². The number of rotatable bonds is 1. The van der Waals surface area contributed by atoms with E-state index in [9.17, 15) is 5.11 Å². The molecule has 2 saturated carbocycles. The molecule has 4 rings (SSSR count). The Morgan fingerprint density at radius 3 is 3.00 bits per heavy atom. The standard InChI is InChI=1S/C15H18O2/c16-15(9-10-1-2-12(15)7-10)13-3-4-14-11(8-13)5-6-17-14/h3-4,8,10,12,16H,1-2,5-7,9H2/t10-,12+,15-/m0/s1. The summed E-state index contributed by atoms with van der Waals surface area (Å²) in [6.07, 6.45) is 5.71. The van der Waals surface area contributed by atoms with Crippen LogP contribution < -0.4 is 4.74 Å². The van der Waals surface area contributed by atoms with Crippen molar-refractivity contribution in [1.82, 2.24) is 0 Å². The van der Waals surface area contributed by atoms with Crippen LogP contribution in [0.2, 0.25) is 0 Å². The van der Waals surface area contributed by atoms with Crippen molar-refractivity contribution >= 4 is 0 Å². The molecular formula is C15H18O2. The maximum absolute atomic E-state index is 10.9. The number of fused-ring (bicyclic) bond motifs is 3. The Labute approximate surface area is 102 Å². The number of ether oxygens (including phenoxy) is 1. The van der Waals surface area contributed by atoms with Gasteiger partial charge >= 0.3 is 0 Å². The summed E-state index contributed by atoms with van der Waals surface area (Å²) in [6, 6.07) is 6.30. The first-order chi connectivity index (χ1) is 8.25. The summed E-state index contributed by atoms with van der Waals surface area (Å²) in [4.78, 5) is 0. The number of hydrogen-bond donors (Lipinski definition) is 1. The lowest BCUT2D eigenvalue weighted by Crippen LogP contribution is -2.32. The molecule has 1 heterocycles. The van der Waals surface area contributed by atoms with Crippen LogP contribution in [-0.2, 0) is 12.0 Å². The van der Waals surface area contributed by atoms with Crippen LogP contribution in [0.5, 0.6) is 5.75 Å². The first-order valence-electron chi connectivity index (χ1n) is 6.74. The lowest BCUT2D eigenvalue weighted by molar-refractivity contribution is -0.0182. The molecule has 1 aliphatic heterocycles. The molecule has 0 amide bonds. The van der Waals surface area contributed by atoms with Crippen molar-refractivity contribution in [1.29, 1.82) is 0 Å². The monoisotopic (exact) mass is 230 g/mol. The third-order valence-electron chi connectivity index (χ3n) is 5.01. The van der Waals surface area contributed by atoms with Gasteiger partial charge in [0.2, 0.25) is 0 Å². The molecule has 2 bridgehead atoms. The van der Waals surface area contributed by atoms with Crippen LogP contribution in [0.1, 0.15) is 36.8 Å². The minimum absolute atomic E-state index is 0.493. The van der Waals surface area contributed by atoms with Crippen molar-refractivity contribution in [2.45, 2.75) is 37.7 Å². The molecule has 0 saturated heterocycles. The van der Waals surface area contributed by atoms with Crippen LogP contribution in [-0.4, -0.2) is 11.7 Å². The average Bonchev–Trinajstić information content (AvgIpc) is 3.02. The second-order valence-electron chi connectivity index (χ2n) is 5.93. The van der Waals surface area contributed by atoms with E-state index in [-0.39, 0.29) is 0 Å². The van der Waals surface area contributed by atoms with Crippen LogP contribution in [0, 0.1) is 11.8 Å². The zero-order valence-electron chi connectivity index (χ0n) is 9.98. The highest BCUT2D eigenvalue weighted by atomic mass is 16.5. The topological polar surface area (TPSA) is 29.5 Å². The molecule has 2 heteroatoms. The molecule has 3 atom stereocenters. The van der Waals surface area contributed by atoms with Gasteiger partial charge in [-0.05, 0) is 60.8 Å². The first kappa shape index (κ1) is 9.95. The first-order valence-corrected chi connectivity index (χ1v) is 6.74. The van der Waals surface area contributed by atoms with Crippen molar-refractivity contribution in [3.63, 3.8) is 0 Å². The predicted molar refractivity (Wildman–Crippen MR) is 65.0 cm³/mol. The normalized spacial score (nSPS) is 38.2. The van der Waals surface area contributed by atoms with E-state index in [2.05, 4.69) is 12.1 Å². The molecule has 2 nitrogen and oxygen atoms in total. The van der Waals surface area contributed by atoms with Gasteiger partial charge in [-0.25, -0.2) is 0 Å². The molecule has 0 spiro atoms. The summed E-state index contributed by atoms with van der Waals surface area (Å²) in [5.41, 5.74) is 1.87. The molecule has 17 heavy (non-hydrogen) atoms. The maximum atomic E-state index is 10.9. The lowest BCUT2D eigenvalue weighted by Gasteiger charge is -2.33. The summed E-state index contributed by atoms with van der Waals surface area (Å²) in [7, 11) is 0. The minimum Gasteiger partial charge on any atom is -0.493 e. The molecule has 1 aromatic carbocycles. The van der Waals surface area contributed by atoms with E-state index in [0.29, 0.717) is 5.92 Å². The molecular weight excluding hydrogens is 212 g/mol. The van der Waals surface area contributed by atoms with Gasteiger partial charge in [-0.3, -0.25) is 0 Å². The van der Waals surface area contributed by atoms with Crippen LogP contribution in [0.4, 0.5) is 0 Å². The third kappa shape index (κ3) is 1.30. The summed E-state index contributed by atoms with van der Waals surface area (Å²) >= 11 is 0. The van der Waals surface area contributed by atoms with Crippen molar-refractivity contribution in [3.8, 4) is 5.75 Å². The van der Waals surface area contributed by atoms with Gasteiger partial charge in [0.1, 0.15) is 5.75 Å². The SMILES string of the molecule is O[C@@]1(c2ccc3c(c2)CCO3)C[C@H]2CC[C@@H]1C2. The van der Waals surface area contributed by atoms with Gasteiger partial charge in [-0.1, -0.05) is 6.07 Å². The van der Waals surface area contributed by atoms with Gasteiger partial charge in [-0.15, -0.1) is 0 Å². The van der Waals surface area contributed by atoms with E-state index >= 15 is 0 Å². The Bertz CT molecular complexity index is 468. The quantitative estimate of drug-likeness (QED) is 0.803. The second-order valence-corrected chi connectivity index (χ2v) is 5.93. The van der Waals surface area contributed by atoms with E-state index < -0.39 is 5.60 Å². The number of hydrogen-bond acceptors (Lipinski definition) is 2. The second kappa shape index (κ2) is 3.26. The average molecular weight is 230 g/mol. The third-order valence-corrected chi connectivity index (χ3v) is 5.01. The van der Waals surface area contributed by atoms with Gasteiger partial charge < -0.3 is 9.84 Å². The Morgan fingerprint density at radius 2 is 2.24 bits per heavy atom. The molecule has 0 radical (unpaired) electrons. The number of benzene rings is 1. The molecule has 0 aromatic heterocycles. The maximum Gasteiger partial charge on any atom is 0.122 e. The molecule has 2 fully saturated rings. The van der Waals surface area contributed by atoms with Crippen molar-refractivity contribution in [2.75, 3.05) is 6.61 Å². The minimum atomic E-state index is -0.541. The molecule has 1 aromatic rings. The lowest BCUT2D eigenvalue weighted by atomic mass is 9.78. The highest BCUT2D eigenvalue weighted by Crippen LogP contribution is 2.55. The zero-order chi connectivity index (χ0) is 11.5. The summed E-state index contributed by atoms with van der Waals surface area (Å²) < 4.78 is 5.53. The molecule has 3 aliphatic rings. The summed E-state index contributed by atoms with van der Waals surface area (Å²) in [5, 5.41) is 10.9. The van der Waals surface area contributed by atoms with Gasteiger partial charge in [0.05, 0.1) is 12.2 Å². The van der Waals surface area contributed by atoms with Crippen LogP contribution >= 0.6 is 0 Å². The van der Waals surface area contributed by atoms with Gasteiger partial charge in [-0.2, -0.15) is 0 Å². The fourth-order valence-electron chi connectivity index (χ4n) is 4.11. The summed E-state index contributed by atoms with van der Waals surface area (Å²) in [5.74, 6) is 2.27. The Morgan fingerprint density at radius 1 is 1.29 bits per heavy atom. The van der Waals surface area contributed by atoms with Gasteiger partial charge in [0.25, 0.3) is 0 Å². The largest absolute Gasteiger partial charge is 0.493 e. The molecule has 0 unspecified atom stereocenters. The fraction of sp³-hybridized carbons (Fsp3) is 0.600. The van der Waals surface area contributed by atoms with E-state index in [1.165, 1.54) is 24.8 Å². The van der Waals surface area contributed by atoms with E-state index in [1.54, 1.807) is 0 Å². The Balaban J connectivity index is 1.75.